The second-order valence-corrected chi connectivity index (χ2v) is 10.7. The van der Waals surface area contributed by atoms with E-state index in [0.29, 0.717) is 27.2 Å². The fourth-order valence-electron chi connectivity index (χ4n) is 5.17. The number of amides is 1. The van der Waals surface area contributed by atoms with Gasteiger partial charge in [-0.2, -0.15) is 13.2 Å². The molecule has 9 nitrogen and oxygen atoms in total. The van der Waals surface area contributed by atoms with Crippen molar-refractivity contribution in [2.45, 2.75) is 25.7 Å². The van der Waals surface area contributed by atoms with Crippen LogP contribution < -0.4 is 15.1 Å². The summed E-state index contributed by atoms with van der Waals surface area (Å²) in [6, 6.07) is 14.1. The van der Waals surface area contributed by atoms with Crippen molar-refractivity contribution in [3.8, 4) is 11.3 Å². The van der Waals surface area contributed by atoms with E-state index in [2.05, 4.69) is 9.82 Å². The van der Waals surface area contributed by atoms with E-state index in [4.69, 9.17) is 23.2 Å². The Labute approximate surface area is 255 Å². The van der Waals surface area contributed by atoms with E-state index in [1.165, 1.54) is 39.9 Å². The Balaban J connectivity index is 1.32. The number of imidazole rings is 1. The number of nitrogens with one attached hydrogen (secondary N) is 1. The van der Waals surface area contributed by atoms with Crippen LogP contribution in [0.1, 0.15) is 27.4 Å². The number of benzene rings is 2. The number of halogens is 6. The number of aromatic nitrogens is 4. The molecule has 5 aromatic rings. The van der Waals surface area contributed by atoms with Crippen molar-refractivity contribution in [3.05, 3.63) is 116 Å². The molecule has 0 radical (unpaired) electrons. The third-order valence-electron chi connectivity index (χ3n) is 7.23. The highest BCUT2D eigenvalue weighted by Crippen LogP contribution is 2.28. The Hall–Kier alpha value is -4.62. The van der Waals surface area contributed by atoms with Crippen LogP contribution >= 0.6 is 23.2 Å². The monoisotopic (exact) mass is 648 g/mol. The first-order chi connectivity index (χ1) is 20.9. The zero-order chi connectivity index (χ0) is 31.3. The van der Waals surface area contributed by atoms with Gasteiger partial charge in [0, 0.05) is 23.9 Å². The van der Waals surface area contributed by atoms with Crippen LogP contribution in [0, 0.1) is 5.82 Å². The molecule has 0 fully saturated rings. The standard InChI is InChI=1S/C29H19Cl2F4N5O4/c30-20-12-22-26(41)36-13-18(40(22)25(20)31)10-16-6-7-21(32)19(11-16)27(42)37-8-9-38-23(17-4-2-1-3-5-17)14-39(24(38)15-37)44-28(43)29(33,34)35/h1-7,11-14H,8-10,15H2/p+1. The first-order valence-corrected chi connectivity index (χ1v) is 13.8. The number of carbonyl (C=O) groups excluding carboxylic acids is 2. The van der Waals surface area contributed by atoms with Crippen molar-refractivity contribution in [2.24, 2.45) is 0 Å². The van der Waals surface area contributed by atoms with Gasteiger partial charge in [-0.25, -0.2) is 18.6 Å². The molecule has 1 aliphatic heterocycles. The van der Waals surface area contributed by atoms with Crippen molar-refractivity contribution in [2.75, 3.05) is 6.54 Å². The summed E-state index contributed by atoms with van der Waals surface area (Å²) in [5, 5.41) is 0.287. The van der Waals surface area contributed by atoms with Crippen LogP contribution in [0.5, 0.6) is 0 Å². The molecule has 226 valence electrons. The molecule has 1 aliphatic rings. The Morgan fingerprint density at radius 3 is 2.52 bits per heavy atom. The molecule has 0 spiro atoms. The summed E-state index contributed by atoms with van der Waals surface area (Å²) in [6.45, 7) is -0.0564. The molecular weight excluding hydrogens is 629 g/mol. The molecule has 0 bridgehead atoms. The number of alkyl halides is 3. The van der Waals surface area contributed by atoms with E-state index in [0.717, 1.165) is 6.07 Å². The molecule has 0 unspecified atom stereocenters. The zero-order valence-corrected chi connectivity index (χ0v) is 23.9. The van der Waals surface area contributed by atoms with Crippen molar-refractivity contribution in [1.82, 2.24) is 18.9 Å². The molecule has 1 amide bonds. The van der Waals surface area contributed by atoms with E-state index in [1.807, 2.05) is 0 Å². The molecule has 3 aromatic heterocycles. The van der Waals surface area contributed by atoms with Crippen LogP contribution in [0.4, 0.5) is 17.6 Å². The van der Waals surface area contributed by atoms with Gasteiger partial charge < -0.3 is 9.88 Å². The van der Waals surface area contributed by atoms with Gasteiger partial charge in [0.15, 0.2) is 11.9 Å². The maximum atomic E-state index is 15.0. The van der Waals surface area contributed by atoms with E-state index in [9.17, 15) is 27.6 Å². The van der Waals surface area contributed by atoms with Gasteiger partial charge in [-0.3, -0.25) is 14.0 Å². The third kappa shape index (κ3) is 5.33. The first kappa shape index (κ1) is 29.5. The summed E-state index contributed by atoms with van der Waals surface area (Å²) in [6.07, 6.45) is -2.44. The minimum Gasteiger partial charge on any atom is -0.326 e. The SMILES string of the molecule is O=C(c1cc(Cc2c[nH]c(=O)c3cc(Cl)c(Cl)n23)ccc1F)N1CCn2c(-c3ccccc3)c[n+](OC(=O)C(F)(F)F)c2C1. The average molecular weight is 649 g/mol. The summed E-state index contributed by atoms with van der Waals surface area (Å²) in [4.78, 5) is 46.1. The smallest absolute Gasteiger partial charge is 0.326 e. The van der Waals surface area contributed by atoms with E-state index in [-0.39, 0.29) is 53.1 Å². The van der Waals surface area contributed by atoms with Gasteiger partial charge in [0.1, 0.15) is 29.6 Å². The fraction of sp³-hybridized carbons (Fsp3) is 0.172. The van der Waals surface area contributed by atoms with Crippen LogP contribution in [0.25, 0.3) is 16.8 Å². The molecule has 0 aliphatic carbocycles. The second-order valence-electron chi connectivity index (χ2n) is 9.98. The Morgan fingerprint density at radius 2 is 1.80 bits per heavy atom. The van der Waals surface area contributed by atoms with E-state index < -0.39 is 29.4 Å². The number of hydrogen-bond acceptors (Lipinski definition) is 4. The summed E-state index contributed by atoms with van der Waals surface area (Å²) in [5.41, 5.74) is 1.65. The van der Waals surface area contributed by atoms with Gasteiger partial charge in [-0.15, -0.1) is 0 Å². The van der Waals surface area contributed by atoms with Gasteiger partial charge >= 0.3 is 18.0 Å². The highest BCUT2D eigenvalue weighted by molar-refractivity contribution is 6.42. The highest BCUT2D eigenvalue weighted by atomic mass is 35.5. The van der Waals surface area contributed by atoms with Crippen molar-refractivity contribution >= 4 is 40.6 Å². The lowest BCUT2D eigenvalue weighted by atomic mass is 10.0. The largest absolute Gasteiger partial charge is 0.495 e. The molecule has 0 saturated heterocycles. The fourth-order valence-corrected chi connectivity index (χ4v) is 5.61. The number of hydrogen-bond donors (Lipinski definition) is 1. The molecule has 0 saturated carbocycles. The minimum atomic E-state index is -5.25. The van der Waals surface area contributed by atoms with Gasteiger partial charge in [0.05, 0.1) is 17.1 Å². The van der Waals surface area contributed by atoms with Crippen LogP contribution in [0.3, 0.4) is 0 Å². The lowest BCUT2D eigenvalue weighted by Crippen LogP contribution is -2.54. The minimum absolute atomic E-state index is 0.0763. The number of H-pyrrole nitrogens is 1. The van der Waals surface area contributed by atoms with Crippen molar-refractivity contribution in [3.63, 3.8) is 0 Å². The predicted molar refractivity (Wildman–Crippen MR) is 150 cm³/mol. The van der Waals surface area contributed by atoms with Crippen LogP contribution in [0.2, 0.25) is 10.2 Å². The molecule has 4 heterocycles. The van der Waals surface area contributed by atoms with Crippen LogP contribution in [0.15, 0.2) is 71.8 Å². The zero-order valence-electron chi connectivity index (χ0n) is 22.4. The average Bonchev–Trinajstić information content (AvgIpc) is 3.51. The summed E-state index contributed by atoms with van der Waals surface area (Å²) in [7, 11) is 0. The number of aromatic amines is 1. The Kier molecular flexibility index (Phi) is 7.46. The number of nitrogens with zero attached hydrogens (tertiary/aromatic N) is 4. The summed E-state index contributed by atoms with van der Waals surface area (Å²) < 4.78 is 58.0. The normalized spacial score (nSPS) is 13.3. The summed E-state index contributed by atoms with van der Waals surface area (Å²) in [5.74, 6) is -3.89. The maximum absolute atomic E-state index is 15.0. The molecule has 2 aromatic carbocycles. The number of rotatable bonds is 5. The van der Waals surface area contributed by atoms with Crippen molar-refractivity contribution in [1.29, 1.82) is 0 Å². The quantitative estimate of drug-likeness (QED) is 0.223. The third-order valence-corrected chi connectivity index (χ3v) is 7.98. The molecule has 44 heavy (non-hydrogen) atoms. The van der Waals surface area contributed by atoms with Gasteiger partial charge in [-0.1, -0.05) is 59.6 Å². The van der Waals surface area contributed by atoms with Crippen LogP contribution in [-0.4, -0.2) is 43.4 Å². The van der Waals surface area contributed by atoms with Crippen molar-refractivity contribution < 1.29 is 36.7 Å². The summed E-state index contributed by atoms with van der Waals surface area (Å²) >= 11 is 12.4. The molecule has 6 rings (SSSR count). The Bertz CT molecular complexity index is 2000. The van der Waals surface area contributed by atoms with Gasteiger partial charge in [0.25, 0.3) is 11.5 Å². The lowest BCUT2D eigenvalue weighted by molar-refractivity contribution is -0.876. The number of carbonyl (C=O) groups is 2. The number of fused-ring (bicyclic) bond motifs is 2. The molecule has 1 N–H and O–H groups in total. The lowest BCUT2D eigenvalue weighted by Gasteiger charge is -2.25. The molecular formula is C29H20Cl2F4N5O4+. The van der Waals surface area contributed by atoms with E-state index in [1.54, 1.807) is 34.9 Å². The maximum Gasteiger partial charge on any atom is 0.495 e. The molecule has 15 heteroatoms. The van der Waals surface area contributed by atoms with E-state index >= 15 is 4.39 Å². The van der Waals surface area contributed by atoms with Gasteiger partial charge in [-0.05, 0) is 28.5 Å². The predicted octanol–water partition coefficient (Wildman–Crippen LogP) is 4.59. The topological polar surface area (TPSA) is 92.7 Å². The Morgan fingerprint density at radius 1 is 1.05 bits per heavy atom. The highest BCUT2D eigenvalue weighted by Gasteiger charge is 2.45. The molecule has 0 atom stereocenters. The first-order valence-electron chi connectivity index (χ1n) is 13.1. The second kappa shape index (κ2) is 11.1. The van der Waals surface area contributed by atoms with Gasteiger partial charge in [0.2, 0.25) is 0 Å². The van der Waals surface area contributed by atoms with Crippen LogP contribution in [-0.2, 0) is 24.3 Å².